The summed E-state index contributed by atoms with van der Waals surface area (Å²) in [6.45, 7) is 7.25. The minimum Gasteiger partial charge on any atom is -0.491 e. The molecule has 2 aliphatic rings. The summed E-state index contributed by atoms with van der Waals surface area (Å²) in [5, 5.41) is 7.57. The first-order chi connectivity index (χ1) is 18.7. The molecule has 0 bridgehead atoms. The number of benzene rings is 2. The van der Waals surface area contributed by atoms with Gasteiger partial charge in [-0.15, -0.1) is 0 Å². The van der Waals surface area contributed by atoms with Crippen LogP contribution >= 0.6 is 0 Å². The van der Waals surface area contributed by atoms with Crippen LogP contribution in [0.25, 0.3) is 0 Å². The smallest absolute Gasteiger partial charge is 0.328 e. The summed E-state index contributed by atoms with van der Waals surface area (Å²) < 4.78 is 10.5. The van der Waals surface area contributed by atoms with Crippen LogP contribution < -0.4 is 37.9 Å². The number of fused-ring (bicyclic) bond motifs is 1. The first kappa shape index (κ1) is 31.7. The highest BCUT2D eigenvalue weighted by atomic mass is 16.6. The van der Waals surface area contributed by atoms with E-state index in [1.54, 1.807) is 20.8 Å². The molecule has 4 unspecified atom stereocenters. The molecule has 12 nitrogen and oxygen atoms in total. The van der Waals surface area contributed by atoms with Crippen molar-refractivity contribution in [2.45, 2.75) is 70.2 Å². The number of rotatable bonds is 5. The van der Waals surface area contributed by atoms with E-state index < -0.39 is 35.7 Å². The summed E-state index contributed by atoms with van der Waals surface area (Å²) in [7, 11) is 0. The maximum atomic E-state index is 11.2. The molecule has 1 aliphatic heterocycles. The highest BCUT2D eigenvalue weighted by Gasteiger charge is 2.38. The molecule has 1 saturated carbocycles. The molecule has 4 atom stereocenters. The lowest BCUT2D eigenvalue weighted by Crippen LogP contribution is -2.45. The predicted octanol–water partition coefficient (Wildman–Crippen LogP) is 2.25. The normalized spacial score (nSPS) is 19.2. The zero-order valence-electron chi connectivity index (χ0n) is 23.3. The van der Waals surface area contributed by atoms with Crippen molar-refractivity contribution < 1.29 is 28.7 Å². The van der Waals surface area contributed by atoms with Crippen molar-refractivity contribution in [3.05, 3.63) is 65.7 Å². The summed E-state index contributed by atoms with van der Waals surface area (Å²) in [6.07, 6.45) is 1.78. The first-order valence-corrected chi connectivity index (χ1v) is 12.9. The number of nitrogens with one attached hydrogen (secondary N) is 3. The van der Waals surface area contributed by atoms with Crippen molar-refractivity contribution in [3.8, 4) is 5.75 Å². The molecule has 0 radical (unpaired) electrons. The van der Waals surface area contributed by atoms with E-state index in [-0.39, 0.29) is 12.1 Å². The summed E-state index contributed by atoms with van der Waals surface area (Å²) >= 11 is 0. The Morgan fingerprint density at radius 1 is 0.900 bits per heavy atom. The fourth-order valence-corrected chi connectivity index (χ4v) is 3.89. The molecule has 218 valence electrons. The fraction of sp³-hybridized carbons (Fsp3) is 0.429. The summed E-state index contributed by atoms with van der Waals surface area (Å²) in [5.74, 6) is 0.870. The van der Waals surface area contributed by atoms with Gasteiger partial charge < -0.3 is 42.6 Å². The molecule has 0 aromatic heterocycles. The molecule has 6 amide bonds. The Balaban J connectivity index is 0.000000210. The van der Waals surface area contributed by atoms with Gasteiger partial charge in [-0.2, -0.15) is 0 Å². The maximum absolute atomic E-state index is 11.2. The van der Waals surface area contributed by atoms with Crippen molar-refractivity contribution in [1.82, 2.24) is 16.0 Å². The Labute approximate surface area is 234 Å². The molecule has 2 aromatic rings. The number of urea groups is 3. The molecule has 1 aliphatic carbocycles. The number of hydrogen-bond acceptors (Lipinski definition) is 6. The minimum atomic E-state index is -0.738. The Morgan fingerprint density at radius 2 is 1.50 bits per heavy atom. The second-order valence-corrected chi connectivity index (χ2v) is 10.5. The Hall–Kier alpha value is -4.48. The van der Waals surface area contributed by atoms with Crippen LogP contribution in [0.2, 0.25) is 0 Å². The molecule has 1 fully saturated rings. The number of hydrogen-bond donors (Lipinski definition) is 6. The van der Waals surface area contributed by atoms with Crippen LogP contribution in [0.4, 0.5) is 14.4 Å². The van der Waals surface area contributed by atoms with Crippen LogP contribution in [0.5, 0.6) is 5.75 Å². The first-order valence-electron chi connectivity index (χ1n) is 12.9. The van der Waals surface area contributed by atoms with Gasteiger partial charge in [0.2, 0.25) is 0 Å². The van der Waals surface area contributed by atoms with Gasteiger partial charge in [0.25, 0.3) is 0 Å². The van der Waals surface area contributed by atoms with Gasteiger partial charge in [-0.1, -0.05) is 48.5 Å². The predicted molar refractivity (Wildman–Crippen MR) is 150 cm³/mol. The van der Waals surface area contributed by atoms with Gasteiger partial charge in [0.15, 0.2) is 0 Å². The van der Waals surface area contributed by atoms with Crippen molar-refractivity contribution in [3.63, 3.8) is 0 Å². The van der Waals surface area contributed by atoms with Gasteiger partial charge in [0.1, 0.15) is 24.0 Å². The zero-order valence-corrected chi connectivity index (χ0v) is 23.3. The topological polar surface area (TPSA) is 201 Å². The molecule has 1 heterocycles. The number of amides is 6. The Morgan fingerprint density at radius 3 is 2.08 bits per heavy atom. The number of primary amides is 3. The van der Waals surface area contributed by atoms with Gasteiger partial charge in [-0.25, -0.2) is 19.2 Å². The maximum Gasteiger partial charge on any atom is 0.328 e. The standard InChI is InChI=1S/C10H12N2O2.C10H12N2O.C8H16N2O3/c11-10(13)12-8-5-7-3-1-2-4-9(7)14-6-8;11-10(13)12-9-6-8(9)7-4-2-1-3-5-7;1-5(10-7(9)12)6(11)13-8(2,3)4/h1-4,8H,5-6H2,(H3,11,12,13);1-5,8-9H,6H2,(H3,11,12,13);5H,1-4H3,(H3,9,10,12). The highest BCUT2D eigenvalue weighted by Crippen LogP contribution is 2.40. The van der Waals surface area contributed by atoms with Gasteiger partial charge in [-0.3, -0.25) is 0 Å². The van der Waals surface area contributed by atoms with Crippen molar-refractivity contribution in [2.24, 2.45) is 17.2 Å². The highest BCUT2D eigenvalue weighted by molar-refractivity contribution is 5.82. The largest absolute Gasteiger partial charge is 0.491 e. The molecule has 40 heavy (non-hydrogen) atoms. The van der Waals surface area contributed by atoms with E-state index in [0.717, 1.165) is 24.2 Å². The van der Waals surface area contributed by atoms with E-state index >= 15 is 0 Å². The number of ether oxygens (including phenoxy) is 2. The van der Waals surface area contributed by atoms with Crippen LogP contribution in [-0.4, -0.2) is 54.4 Å². The van der Waals surface area contributed by atoms with Crippen LogP contribution in [0.1, 0.15) is 51.2 Å². The molecular formula is C28H40N6O6. The van der Waals surface area contributed by atoms with Crippen molar-refractivity contribution in [1.29, 1.82) is 0 Å². The number of para-hydroxylation sites is 1. The number of nitrogens with two attached hydrogens (primary N) is 3. The molecule has 9 N–H and O–H groups in total. The summed E-state index contributed by atoms with van der Waals surface area (Å²) in [5.41, 5.74) is 16.7. The number of carbonyl (C=O) groups is 4. The quantitative estimate of drug-likeness (QED) is 0.305. The SMILES string of the molecule is CC(NC(N)=O)C(=O)OC(C)(C)C.NC(=O)NC1CC1c1ccccc1.NC(=O)NC1COc2ccccc2C1. The Bertz CT molecular complexity index is 1150. The van der Waals surface area contributed by atoms with Crippen molar-refractivity contribution in [2.75, 3.05) is 6.61 Å². The number of esters is 1. The van der Waals surface area contributed by atoms with E-state index in [0.29, 0.717) is 12.5 Å². The van der Waals surface area contributed by atoms with Gasteiger partial charge >= 0.3 is 24.1 Å². The van der Waals surface area contributed by atoms with E-state index in [1.165, 1.54) is 12.5 Å². The molecule has 0 saturated heterocycles. The van der Waals surface area contributed by atoms with E-state index in [4.69, 9.17) is 26.7 Å². The van der Waals surface area contributed by atoms with E-state index in [1.807, 2.05) is 42.5 Å². The fourth-order valence-electron chi connectivity index (χ4n) is 3.89. The van der Waals surface area contributed by atoms with E-state index in [9.17, 15) is 19.2 Å². The van der Waals surface area contributed by atoms with Gasteiger partial charge in [-0.05, 0) is 57.7 Å². The second kappa shape index (κ2) is 14.6. The average Bonchev–Trinajstić information content (AvgIpc) is 3.62. The summed E-state index contributed by atoms with van der Waals surface area (Å²) in [4.78, 5) is 42.8. The Kier molecular flexibility index (Phi) is 11.6. The average molecular weight is 557 g/mol. The lowest BCUT2D eigenvalue weighted by atomic mass is 10.0. The van der Waals surface area contributed by atoms with Crippen LogP contribution in [-0.2, 0) is 16.0 Å². The number of carbonyl (C=O) groups excluding carboxylic acids is 4. The summed E-state index contributed by atoms with van der Waals surface area (Å²) in [6, 6.07) is 15.8. The van der Waals surface area contributed by atoms with E-state index in [2.05, 4.69) is 28.1 Å². The van der Waals surface area contributed by atoms with Crippen LogP contribution in [0.3, 0.4) is 0 Å². The lowest BCUT2D eigenvalue weighted by Gasteiger charge is -2.25. The van der Waals surface area contributed by atoms with Gasteiger partial charge in [0, 0.05) is 12.0 Å². The van der Waals surface area contributed by atoms with Gasteiger partial charge in [0.05, 0.1) is 6.04 Å². The van der Waals surface area contributed by atoms with Crippen LogP contribution in [0.15, 0.2) is 54.6 Å². The second-order valence-electron chi connectivity index (χ2n) is 10.5. The molecule has 2 aromatic carbocycles. The lowest BCUT2D eigenvalue weighted by molar-refractivity contribution is -0.156. The van der Waals surface area contributed by atoms with Crippen LogP contribution in [0, 0.1) is 0 Å². The third-order valence-electron chi connectivity index (χ3n) is 5.69. The molecular weight excluding hydrogens is 516 g/mol. The molecule has 12 heteroatoms. The monoisotopic (exact) mass is 556 g/mol. The molecule has 0 spiro atoms. The third kappa shape index (κ3) is 11.9. The third-order valence-corrected chi connectivity index (χ3v) is 5.69. The van der Waals surface area contributed by atoms with Crippen molar-refractivity contribution >= 4 is 24.1 Å². The molecule has 4 rings (SSSR count). The minimum absolute atomic E-state index is 0.0117. The zero-order chi connectivity index (χ0) is 29.9.